The zero-order valence-corrected chi connectivity index (χ0v) is 20.8. The molecule has 6 nitrogen and oxygen atoms in total. The number of pyridine rings is 2. The van der Waals surface area contributed by atoms with Gasteiger partial charge in [-0.15, -0.1) is 0 Å². The fraction of sp³-hybridized carbons (Fsp3) is 0.607. The highest BCUT2D eigenvalue weighted by Gasteiger charge is 2.56. The lowest BCUT2D eigenvalue weighted by atomic mass is 9.78. The van der Waals surface area contributed by atoms with Crippen LogP contribution in [0.15, 0.2) is 36.7 Å². The van der Waals surface area contributed by atoms with Crippen LogP contribution in [0.5, 0.6) is 0 Å². The van der Waals surface area contributed by atoms with E-state index in [0.29, 0.717) is 42.8 Å². The molecule has 4 heterocycles. The first-order valence-corrected chi connectivity index (χ1v) is 13.4. The molecule has 1 N–H and O–H groups in total. The zero-order valence-electron chi connectivity index (χ0n) is 20.8. The molecule has 5 atom stereocenters. The summed E-state index contributed by atoms with van der Waals surface area (Å²) >= 11 is 0. The maximum absolute atomic E-state index is 14.0. The molecule has 3 fully saturated rings. The van der Waals surface area contributed by atoms with Gasteiger partial charge in [-0.25, -0.2) is 0 Å². The van der Waals surface area contributed by atoms with E-state index in [1.54, 1.807) is 11.1 Å². The molecule has 1 amide bonds. The van der Waals surface area contributed by atoms with Crippen molar-refractivity contribution in [1.29, 1.82) is 0 Å². The van der Waals surface area contributed by atoms with Gasteiger partial charge in [0.25, 0.3) is 0 Å². The van der Waals surface area contributed by atoms with Crippen molar-refractivity contribution in [2.75, 3.05) is 13.2 Å². The highest BCUT2D eigenvalue weighted by molar-refractivity contribution is 5.84. The monoisotopic (exact) mass is 514 g/mol. The molecular formula is C28H33F3N4O2. The molecule has 2 aromatic rings. The number of alkyl halides is 3. The standard InChI is InChI=1S/C28H33F3N4O2/c29-28(30,31)20-12-18-17-35(10-6-23(18)33-16-20)26(36)27-8-3-4-19(27)13-22(15-27)34-21-7-11-37-25(14-21)24-5-1-2-9-32-24/h1-2,5,9,12,16,19,21-22,25,34H,3-4,6-8,10-11,13-15,17H2/t19-,21-,22?,25-,27-/m1/s1. The largest absolute Gasteiger partial charge is 0.417 e. The molecule has 2 aromatic heterocycles. The van der Waals surface area contributed by atoms with E-state index in [2.05, 4.69) is 15.3 Å². The van der Waals surface area contributed by atoms with Gasteiger partial charge >= 0.3 is 6.18 Å². The quantitative estimate of drug-likeness (QED) is 0.633. The van der Waals surface area contributed by atoms with Crippen LogP contribution in [0.1, 0.15) is 73.6 Å². The second kappa shape index (κ2) is 9.66. The van der Waals surface area contributed by atoms with Crippen molar-refractivity contribution in [3.63, 3.8) is 0 Å². The van der Waals surface area contributed by atoms with Gasteiger partial charge in [0.05, 0.1) is 16.7 Å². The number of hydrogen-bond acceptors (Lipinski definition) is 5. The summed E-state index contributed by atoms with van der Waals surface area (Å²) in [4.78, 5) is 24.3. The van der Waals surface area contributed by atoms with Crippen LogP contribution in [0.2, 0.25) is 0 Å². The topological polar surface area (TPSA) is 67.4 Å². The van der Waals surface area contributed by atoms with Gasteiger partial charge in [-0.05, 0) is 68.2 Å². The molecule has 0 radical (unpaired) electrons. The summed E-state index contributed by atoms with van der Waals surface area (Å²) in [6.45, 7) is 1.41. The molecule has 2 aliphatic carbocycles. The van der Waals surface area contributed by atoms with E-state index in [4.69, 9.17) is 4.74 Å². The minimum Gasteiger partial charge on any atom is -0.372 e. The molecule has 1 saturated heterocycles. The van der Waals surface area contributed by atoms with E-state index < -0.39 is 17.2 Å². The maximum Gasteiger partial charge on any atom is 0.417 e. The van der Waals surface area contributed by atoms with Crippen LogP contribution in [-0.4, -0.2) is 46.0 Å². The van der Waals surface area contributed by atoms with Crippen molar-refractivity contribution in [3.8, 4) is 0 Å². The summed E-state index contributed by atoms with van der Waals surface area (Å²) in [6.07, 6.45) is 5.24. The van der Waals surface area contributed by atoms with E-state index in [0.717, 1.165) is 56.8 Å². The summed E-state index contributed by atoms with van der Waals surface area (Å²) < 4.78 is 45.7. The third kappa shape index (κ3) is 4.76. The average molecular weight is 515 g/mol. The second-order valence-electron chi connectivity index (χ2n) is 11.2. The lowest BCUT2D eigenvalue weighted by Crippen LogP contribution is -2.47. The number of nitrogens with one attached hydrogen (secondary N) is 1. The van der Waals surface area contributed by atoms with Crippen molar-refractivity contribution < 1.29 is 22.7 Å². The predicted octanol–water partition coefficient (Wildman–Crippen LogP) is 4.84. The van der Waals surface area contributed by atoms with Gasteiger partial charge in [0.15, 0.2) is 0 Å². The number of carbonyl (C=O) groups excluding carboxylic acids is 1. The van der Waals surface area contributed by atoms with Crippen LogP contribution in [0, 0.1) is 11.3 Å². The van der Waals surface area contributed by atoms with E-state index >= 15 is 0 Å². The van der Waals surface area contributed by atoms with Crippen molar-refractivity contribution in [1.82, 2.24) is 20.2 Å². The average Bonchev–Trinajstić information content (AvgIpc) is 3.46. The van der Waals surface area contributed by atoms with E-state index in [1.807, 2.05) is 18.2 Å². The fourth-order valence-electron chi connectivity index (χ4n) is 7.24. The van der Waals surface area contributed by atoms with Gasteiger partial charge < -0.3 is 15.0 Å². The molecule has 6 rings (SSSR count). The van der Waals surface area contributed by atoms with Gasteiger partial charge in [0, 0.05) is 56.3 Å². The van der Waals surface area contributed by atoms with Crippen LogP contribution < -0.4 is 5.32 Å². The molecule has 1 unspecified atom stereocenters. The van der Waals surface area contributed by atoms with Crippen LogP contribution in [0.25, 0.3) is 0 Å². The summed E-state index contributed by atoms with van der Waals surface area (Å²) in [5.74, 6) is 0.450. The van der Waals surface area contributed by atoms with Crippen molar-refractivity contribution in [3.05, 3.63) is 59.2 Å². The molecule has 0 spiro atoms. The number of aromatic nitrogens is 2. The van der Waals surface area contributed by atoms with Crippen molar-refractivity contribution in [2.45, 2.75) is 82.3 Å². The Bertz CT molecular complexity index is 1140. The van der Waals surface area contributed by atoms with Crippen molar-refractivity contribution >= 4 is 5.91 Å². The van der Waals surface area contributed by atoms with Gasteiger partial charge in [-0.3, -0.25) is 14.8 Å². The number of fused-ring (bicyclic) bond motifs is 2. The zero-order chi connectivity index (χ0) is 25.6. The first-order chi connectivity index (χ1) is 17.8. The Kier molecular flexibility index (Phi) is 6.47. The second-order valence-corrected chi connectivity index (χ2v) is 11.2. The first-order valence-electron chi connectivity index (χ1n) is 13.4. The smallest absolute Gasteiger partial charge is 0.372 e. The number of nitrogens with zero attached hydrogens (tertiary/aromatic N) is 3. The molecule has 0 aromatic carbocycles. The number of rotatable bonds is 4. The maximum atomic E-state index is 14.0. The highest BCUT2D eigenvalue weighted by atomic mass is 19.4. The molecule has 2 aliphatic heterocycles. The van der Waals surface area contributed by atoms with Gasteiger partial charge in [-0.1, -0.05) is 12.5 Å². The van der Waals surface area contributed by atoms with Crippen LogP contribution in [0.3, 0.4) is 0 Å². The lowest BCUT2D eigenvalue weighted by Gasteiger charge is -2.37. The Balaban J connectivity index is 1.14. The third-order valence-corrected chi connectivity index (χ3v) is 8.99. The third-order valence-electron chi connectivity index (χ3n) is 8.99. The number of halogens is 3. The van der Waals surface area contributed by atoms with E-state index in [1.165, 1.54) is 6.07 Å². The van der Waals surface area contributed by atoms with Gasteiger partial charge in [-0.2, -0.15) is 13.2 Å². The number of carbonyl (C=O) groups is 1. The molecule has 37 heavy (non-hydrogen) atoms. The molecular weight excluding hydrogens is 481 g/mol. The van der Waals surface area contributed by atoms with Crippen LogP contribution in [0.4, 0.5) is 13.2 Å². The Morgan fingerprint density at radius 3 is 2.86 bits per heavy atom. The Hall–Kier alpha value is -2.52. The SMILES string of the molecule is O=C(N1CCc2ncc(C(F)(F)F)cc2C1)[C@@]12CCC[C@@H]1CC(N[C@@H]1CCO[C@@H](c3ccccn3)C1)C2. The van der Waals surface area contributed by atoms with E-state index in [9.17, 15) is 18.0 Å². The van der Waals surface area contributed by atoms with Gasteiger partial charge in [0.2, 0.25) is 5.91 Å². The molecule has 9 heteroatoms. The van der Waals surface area contributed by atoms with Crippen molar-refractivity contribution in [2.24, 2.45) is 11.3 Å². The predicted molar refractivity (Wildman–Crippen MR) is 130 cm³/mol. The highest BCUT2D eigenvalue weighted by Crippen LogP contribution is 2.55. The lowest BCUT2D eigenvalue weighted by molar-refractivity contribution is -0.144. The minimum atomic E-state index is -4.44. The summed E-state index contributed by atoms with van der Waals surface area (Å²) in [7, 11) is 0. The summed E-state index contributed by atoms with van der Waals surface area (Å²) in [5, 5.41) is 3.85. The Morgan fingerprint density at radius 1 is 1.16 bits per heavy atom. The van der Waals surface area contributed by atoms with Crippen LogP contribution >= 0.6 is 0 Å². The normalized spacial score (nSPS) is 31.7. The van der Waals surface area contributed by atoms with Gasteiger partial charge in [0.1, 0.15) is 6.10 Å². The Labute approximate surface area is 215 Å². The summed E-state index contributed by atoms with van der Waals surface area (Å²) in [6, 6.07) is 7.64. The number of amides is 1. The Morgan fingerprint density at radius 2 is 2.05 bits per heavy atom. The number of hydrogen-bond donors (Lipinski definition) is 1. The molecule has 0 bridgehead atoms. The fourth-order valence-corrected chi connectivity index (χ4v) is 7.24. The molecule has 2 saturated carbocycles. The first kappa shape index (κ1) is 24.8. The molecule has 4 aliphatic rings. The van der Waals surface area contributed by atoms with Crippen LogP contribution in [-0.2, 0) is 28.7 Å². The summed E-state index contributed by atoms with van der Waals surface area (Å²) in [5.41, 5.74) is 0.998. The minimum absolute atomic E-state index is 0.0208. The number of ether oxygens (including phenoxy) is 1. The molecule has 198 valence electrons. The van der Waals surface area contributed by atoms with E-state index in [-0.39, 0.29) is 24.6 Å².